The maximum atomic E-state index is 13.1. The molecule has 5 nitrogen and oxygen atoms in total. The van der Waals surface area contributed by atoms with Crippen molar-refractivity contribution in [3.8, 4) is 5.69 Å². The van der Waals surface area contributed by atoms with Crippen molar-refractivity contribution >= 4 is 17.7 Å². The summed E-state index contributed by atoms with van der Waals surface area (Å²) < 4.78 is 14.7. The van der Waals surface area contributed by atoms with Gasteiger partial charge in [0, 0.05) is 19.3 Å². The Hall–Kier alpha value is -1.86. The Bertz CT molecular complexity index is 628. The summed E-state index contributed by atoms with van der Waals surface area (Å²) in [7, 11) is 1.61. The van der Waals surface area contributed by atoms with Gasteiger partial charge >= 0.3 is 0 Å². The molecule has 1 amide bonds. The zero-order valence-electron chi connectivity index (χ0n) is 11.8. The van der Waals surface area contributed by atoms with Crippen LogP contribution in [-0.4, -0.2) is 51.9 Å². The molecule has 0 radical (unpaired) electrons. The van der Waals surface area contributed by atoms with E-state index in [1.807, 2.05) is 6.26 Å². The zero-order chi connectivity index (χ0) is 15.4. The van der Waals surface area contributed by atoms with Crippen molar-refractivity contribution in [2.24, 2.45) is 0 Å². The highest BCUT2D eigenvalue weighted by Gasteiger charge is 2.20. The van der Waals surface area contributed by atoms with Gasteiger partial charge in [-0.05, 0) is 30.5 Å². The second kappa shape index (κ2) is 6.73. The van der Waals surface area contributed by atoms with Gasteiger partial charge in [0.25, 0.3) is 5.91 Å². The average molecular weight is 309 g/mol. The molecule has 0 aliphatic heterocycles. The van der Waals surface area contributed by atoms with Gasteiger partial charge in [-0.25, -0.2) is 9.37 Å². The summed E-state index contributed by atoms with van der Waals surface area (Å²) in [6.45, 7) is 0.129. The molecule has 1 N–H and O–H groups in total. The molecular formula is C14H16FN3O2S. The lowest BCUT2D eigenvalue weighted by Gasteiger charge is -2.17. The number of rotatable bonds is 5. The number of halogens is 1. The summed E-state index contributed by atoms with van der Waals surface area (Å²) in [4.78, 5) is 18.0. The minimum atomic E-state index is -0.338. The fourth-order valence-electron chi connectivity index (χ4n) is 1.92. The van der Waals surface area contributed by atoms with Crippen LogP contribution in [0.3, 0.4) is 0 Å². The molecule has 112 valence electrons. The van der Waals surface area contributed by atoms with Crippen LogP contribution in [0.4, 0.5) is 4.39 Å². The highest BCUT2D eigenvalue weighted by Crippen LogP contribution is 2.22. The number of imidazole rings is 1. The van der Waals surface area contributed by atoms with Gasteiger partial charge in [-0.3, -0.25) is 9.36 Å². The van der Waals surface area contributed by atoms with Crippen molar-refractivity contribution in [3.05, 3.63) is 42.0 Å². The predicted octanol–water partition coefficient (Wildman–Crippen LogP) is 1.80. The molecule has 0 unspecified atom stereocenters. The van der Waals surface area contributed by atoms with E-state index in [1.54, 1.807) is 23.7 Å². The highest BCUT2D eigenvalue weighted by molar-refractivity contribution is 7.98. The van der Waals surface area contributed by atoms with Crippen LogP contribution in [0.15, 0.2) is 35.6 Å². The molecule has 7 heteroatoms. The molecule has 0 saturated heterocycles. The normalized spacial score (nSPS) is 10.7. The molecule has 0 fully saturated rings. The van der Waals surface area contributed by atoms with E-state index in [0.717, 1.165) is 0 Å². The molecule has 1 aromatic carbocycles. The summed E-state index contributed by atoms with van der Waals surface area (Å²) in [5, 5.41) is 9.58. The first-order valence-electron chi connectivity index (χ1n) is 6.32. The number of aliphatic hydroxyl groups is 1. The lowest BCUT2D eigenvalue weighted by molar-refractivity contribution is 0.0758. The first-order chi connectivity index (χ1) is 10.1. The van der Waals surface area contributed by atoms with E-state index in [4.69, 9.17) is 5.11 Å². The number of aromatic nitrogens is 2. The second-order valence-electron chi connectivity index (χ2n) is 4.39. The van der Waals surface area contributed by atoms with Gasteiger partial charge in [-0.1, -0.05) is 11.8 Å². The number of carbonyl (C=O) groups excluding carboxylic acids is 1. The Morgan fingerprint density at radius 1 is 1.43 bits per heavy atom. The Labute approximate surface area is 126 Å². The molecular weight excluding hydrogens is 293 g/mol. The fraction of sp³-hybridized carbons (Fsp3) is 0.286. The van der Waals surface area contributed by atoms with Crippen LogP contribution in [0.25, 0.3) is 5.69 Å². The molecule has 0 bridgehead atoms. The van der Waals surface area contributed by atoms with Crippen molar-refractivity contribution in [1.82, 2.24) is 14.5 Å². The number of likely N-dealkylation sites (N-methyl/N-ethyl adjacent to an activating group) is 1. The molecule has 2 rings (SSSR count). The van der Waals surface area contributed by atoms with E-state index >= 15 is 0 Å². The maximum Gasteiger partial charge on any atom is 0.272 e. The third kappa shape index (κ3) is 3.25. The molecule has 0 saturated carbocycles. The Kier molecular flexibility index (Phi) is 4.98. The van der Waals surface area contributed by atoms with Crippen molar-refractivity contribution in [2.75, 3.05) is 26.5 Å². The molecule has 1 heterocycles. The molecule has 0 aliphatic rings. The Morgan fingerprint density at radius 2 is 2.10 bits per heavy atom. The van der Waals surface area contributed by atoms with Crippen molar-refractivity contribution < 1.29 is 14.3 Å². The van der Waals surface area contributed by atoms with E-state index in [-0.39, 0.29) is 24.9 Å². The number of hydrogen-bond acceptors (Lipinski definition) is 4. The van der Waals surface area contributed by atoms with Crippen molar-refractivity contribution in [2.45, 2.75) is 5.16 Å². The van der Waals surface area contributed by atoms with Gasteiger partial charge in [0.15, 0.2) is 5.16 Å². The average Bonchev–Trinajstić information content (AvgIpc) is 2.91. The van der Waals surface area contributed by atoms with Gasteiger partial charge in [-0.15, -0.1) is 0 Å². The molecule has 0 atom stereocenters. The monoisotopic (exact) mass is 309 g/mol. The van der Waals surface area contributed by atoms with Crippen LogP contribution in [0.2, 0.25) is 0 Å². The number of amides is 1. The van der Waals surface area contributed by atoms with Crippen LogP contribution >= 0.6 is 11.8 Å². The number of thioether (sulfide) groups is 1. The summed E-state index contributed by atoms with van der Waals surface area (Å²) in [5.41, 5.74) is 1.04. The van der Waals surface area contributed by atoms with Crippen molar-refractivity contribution in [3.63, 3.8) is 0 Å². The summed E-state index contributed by atoms with van der Waals surface area (Å²) >= 11 is 1.40. The van der Waals surface area contributed by atoms with Crippen LogP contribution in [0, 0.1) is 5.82 Å². The van der Waals surface area contributed by atoms with Gasteiger partial charge < -0.3 is 10.0 Å². The number of nitrogens with zero attached hydrogens (tertiary/aromatic N) is 3. The fourth-order valence-corrected chi connectivity index (χ4v) is 2.46. The van der Waals surface area contributed by atoms with Gasteiger partial charge in [0.1, 0.15) is 11.5 Å². The lowest BCUT2D eigenvalue weighted by Crippen LogP contribution is -2.31. The van der Waals surface area contributed by atoms with E-state index in [0.29, 0.717) is 16.5 Å². The largest absolute Gasteiger partial charge is 0.395 e. The number of carbonyl (C=O) groups is 1. The summed E-state index contributed by atoms with van der Waals surface area (Å²) in [6.07, 6.45) is 3.35. The number of aliphatic hydroxyl groups excluding tert-OH is 1. The predicted molar refractivity (Wildman–Crippen MR) is 79.3 cm³/mol. The van der Waals surface area contributed by atoms with E-state index in [1.165, 1.54) is 35.0 Å². The zero-order valence-corrected chi connectivity index (χ0v) is 12.6. The first-order valence-corrected chi connectivity index (χ1v) is 7.55. The third-order valence-corrected chi connectivity index (χ3v) is 3.65. The SMILES string of the molecule is CSc1ncc(C(=O)N(C)CCO)n1-c1ccc(F)cc1. The lowest BCUT2D eigenvalue weighted by atomic mass is 10.3. The van der Waals surface area contributed by atoms with Crippen LogP contribution in [0.1, 0.15) is 10.5 Å². The van der Waals surface area contributed by atoms with Gasteiger partial charge in [0.2, 0.25) is 0 Å². The Morgan fingerprint density at radius 3 is 2.67 bits per heavy atom. The summed E-state index contributed by atoms with van der Waals surface area (Å²) in [6, 6.07) is 5.87. The second-order valence-corrected chi connectivity index (χ2v) is 5.17. The van der Waals surface area contributed by atoms with Crippen LogP contribution in [-0.2, 0) is 0 Å². The summed E-state index contributed by atoms with van der Waals surface area (Å²) in [5.74, 6) is -0.587. The smallest absolute Gasteiger partial charge is 0.272 e. The minimum absolute atomic E-state index is 0.109. The molecule has 1 aromatic heterocycles. The quantitative estimate of drug-likeness (QED) is 0.856. The standard InChI is InChI=1S/C14H16FN3O2S/c1-17(7-8-19)13(20)12-9-16-14(21-2)18(12)11-5-3-10(15)4-6-11/h3-6,9,19H,7-8H2,1-2H3. The van der Waals surface area contributed by atoms with E-state index in [9.17, 15) is 9.18 Å². The molecule has 0 aliphatic carbocycles. The van der Waals surface area contributed by atoms with E-state index in [2.05, 4.69) is 4.98 Å². The topological polar surface area (TPSA) is 58.4 Å². The number of hydrogen-bond donors (Lipinski definition) is 1. The van der Waals surface area contributed by atoms with Gasteiger partial charge in [0.05, 0.1) is 12.8 Å². The van der Waals surface area contributed by atoms with Crippen LogP contribution < -0.4 is 0 Å². The van der Waals surface area contributed by atoms with Gasteiger partial charge in [-0.2, -0.15) is 0 Å². The van der Waals surface area contributed by atoms with Crippen molar-refractivity contribution in [1.29, 1.82) is 0 Å². The molecule has 0 spiro atoms. The number of benzene rings is 1. The third-order valence-electron chi connectivity index (χ3n) is 3.00. The maximum absolute atomic E-state index is 13.1. The first kappa shape index (κ1) is 15.5. The minimum Gasteiger partial charge on any atom is -0.395 e. The van der Waals surface area contributed by atoms with E-state index < -0.39 is 0 Å². The molecule has 2 aromatic rings. The Balaban J connectivity index is 2.46. The highest BCUT2D eigenvalue weighted by atomic mass is 32.2. The van der Waals surface area contributed by atoms with Crippen LogP contribution in [0.5, 0.6) is 0 Å². The molecule has 21 heavy (non-hydrogen) atoms.